The van der Waals surface area contributed by atoms with Crippen LogP contribution in [-0.2, 0) is 0 Å². The van der Waals surface area contributed by atoms with E-state index in [1.54, 1.807) is 13.1 Å². The molecule has 25 heavy (non-hydrogen) atoms. The maximum absolute atomic E-state index is 12.1. The number of benzene rings is 3. The minimum atomic E-state index is -0.477. The first-order valence-electron chi connectivity index (χ1n) is 7.62. The highest BCUT2D eigenvalue weighted by Crippen LogP contribution is 2.19. The Labute approximate surface area is 143 Å². The molecule has 6 nitrogen and oxygen atoms in total. The van der Waals surface area contributed by atoms with E-state index in [-0.39, 0.29) is 5.69 Å². The van der Waals surface area contributed by atoms with E-state index in [0.29, 0.717) is 11.1 Å². The Balaban J connectivity index is 1.76. The van der Waals surface area contributed by atoms with Gasteiger partial charge in [0.15, 0.2) is 0 Å². The molecule has 3 rings (SSSR count). The Bertz CT molecular complexity index is 991. The van der Waals surface area contributed by atoms with Gasteiger partial charge in [0.1, 0.15) is 0 Å². The number of fused-ring (bicyclic) bond motifs is 1. The predicted molar refractivity (Wildman–Crippen MR) is 96.8 cm³/mol. The van der Waals surface area contributed by atoms with Gasteiger partial charge in [0.2, 0.25) is 0 Å². The second-order valence-electron chi connectivity index (χ2n) is 5.53. The summed E-state index contributed by atoms with van der Waals surface area (Å²) in [4.78, 5) is 22.5. The van der Waals surface area contributed by atoms with Crippen LogP contribution in [0.1, 0.15) is 21.5 Å². The lowest BCUT2D eigenvalue weighted by atomic mass is 10.1. The normalized spacial score (nSPS) is 10.9. The van der Waals surface area contributed by atoms with Crippen LogP contribution in [-0.4, -0.2) is 17.0 Å². The van der Waals surface area contributed by atoms with Gasteiger partial charge in [-0.1, -0.05) is 42.5 Å². The lowest BCUT2D eigenvalue weighted by Crippen LogP contribution is -2.17. The van der Waals surface area contributed by atoms with Crippen molar-refractivity contribution < 1.29 is 9.72 Å². The van der Waals surface area contributed by atoms with Gasteiger partial charge in [-0.3, -0.25) is 14.9 Å². The van der Waals surface area contributed by atoms with Crippen LogP contribution in [0.25, 0.3) is 10.8 Å². The van der Waals surface area contributed by atoms with E-state index in [0.717, 1.165) is 16.3 Å². The minimum Gasteiger partial charge on any atom is -0.267 e. The van der Waals surface area contributed by atoms with Gasteiger partial charge in [-0.2, -0.15) is 5.10 Å². The summed E-state index contributed by atoms with van der Waals surface area (Å²) in [6.07, 6.45) is 1.58. The first-order chi connectivity index (χ1) is 12.1. The standard InChI is InChI=1S/C19H15N3O3/c1-13-11-15(9-10-18(13)22(24)25)19(23)21-20-12-16-7-4-6-14-5-2-3-8-17(14)16/h2-12H,1H3,(H,21,23). The number of carbonyl (C=O) groups is 1. The van der Waals surface area contributed by atoms with E-state index in [1.165, 1.54) is 18.2 Å². The zero-order chi connectivity index (χ0) is 17.8. The highest BCUT2D eigenvalue weighted by molar-refractivity contribution is 6.00. The molecular weight excluding hydrogens is 318 g/mol. The first-order valence-corrected chi connectivity index (χ1v) is 7.62. The van der Waals surface area contributed by atoms with Crippen LogP contribution in [0, 0.1) is 17.0 Å². The second-order valence-corrected chi connectivity index (χ2v) is 5.53. The van der Waals surface area contributed by atoms with Gasteiger partial charge < -0.3 is 0 Å². The van der Waals surface area contributed by atoms with Crippen LogP contribution in [0.3, 0.4) is 0 Å². The van der Waals surface area contributed by atoms with Crippen molar-refractivity contribution in [2.45, 2.75) is 6.92 Å². The summed E-state index contributed by atoms with van der Waals surface area (Å²) in [5, 5.41) is 16.9. The molecule has 0 aromatic heterocycles. The molecule has 0 heterocycles. The fourth-order valence-electron chi connectivity index (χ4n) is 2.59. The molecule has 1 N–H and O–H groups in total. The summed E-state index contributed by atoms with van der Waals surface area (Å²) in [6.45, 7) is 1.59. The molecule has 0 saturated carbocycles. The molecular formula is C19H15N3O3. The molecule has 3 aromatic carbocycles. The van der Waals surface area contributed by atoms with Crippen molar-refractivity contribution in [3.8, 4) is 0 Å². The maximum atomic E-state index is 12.1. The van der Waals surface area contributed by atoms with Crippen molar-refractivity contribution in [3.63, 3.8) is 0 Å². The molecule has 3 aromatic rings. The van der Waals surface area contributed by atoms with E-state index < -0.39 is 10.8 Å². The number of nitrogens with one attached hydrogen (secondary N) is 1. The molecule has 0 saturated heterocycles. The first kappa shape index (κ1) is 16.3. The van der Waals surface area contributed by atoms with Crippen molar-refractivity contribution in [2.75, 3.05) is 0 Å². The van der Waals surface area contributed by atoms with Gasteiger partial charge in [-0.15, -0.1) is 0 Å². The average Bonchev–Trinajstić information content (AvgIpc) is 2.61. The van der Waals surface area contributed by atoms with E-state index >= 15 is 0 Å². The molecule has 0 spiro atoms. The van der Waals surface area contributed by atoms with Crippen LogP contribution in [0.15, 0.2) is 65.8 Å². The van der Waals surface area contributed by atoms with Crippen LogP contribution >= 0.6 is 0 Å². The van der Waals surface area contributed by atoms with E-state index in [1.807, 2.05) is 42.5 Å². The Morgan fingerprint density at radius 3 is 2.64 bits per heavy atom. The fraction of sp³-hybridized carbons (Fsp3) is 0.0526. The van der Waals surface area contributed by atoms with Crippen LogP contribution in [0.2, 0.25) is 0 Å². The van der Waals surface area contributed by atoms with Crippen molar-refractivity contribution >= 4 is 28.6 Å². The van der Waals surface area contributed by atoms with E-state index in [2.05, 4.69) is 10.5 Å². The molecule has 1 amide bonds. The molecule has 0 radical (unpaired) electrons. The smallest absolute Gasteiger partial charge is 0.267 e. The summed E-state index contributed by atoms with van der Waals surface area (Å²) in [5.74, 6) is -0.422. The number of nitro benzene ring substituents is 1. The third-order valence-corrected chi connectivity index (χ3v) is 3.85. The fourth-order valence-corrected chi connectivity index (χ4v) is 2.59. The Morgan fingerprint density at radius 2 is 1.88 bits per heavy atom. The van der Waals surface area contributed by atoms with Crippen molar-refractivity contribution in [1.82, 2.24) is 5.43 Å². The number of carbonyl (C=O) groups excluding carboxylic acids is 1. The summed E-state index contributed by atoms with van der Waals surface area (Å²) < 4.78 is 0. The predicted octanol–water partition coefficient (Wildman–Crippen LogP) is 3.82. The molecule has 0 aliphatic heterocycles. The highest BCUT2D eigenvalue weighted by Gasteiger charge is 2.13. The monoisotopic (exact) mass is 333 g/mol. The second kappa shape index (κ2) is 6.92. The number of amides is 1. The van der Waals surface area contributed by atoms with Gasteiger partial charge in [-0.25, -0.2) is 5.43 Å². The van der Waals surface area contributed by atoms with Crippen LogP contribution in [0.5, 0.6) is 0 Å². The van der Waals surface area contributed by atoms with Gasteiger partial charge in [0, 0.05) is 22.8 Å². The summed E-state index contributed by atoms with van der Waals surface area (Å²) in [5.41, 5.74) is 4.06. The number of hydrogen-bond donors (Lipinski definition) is 1. The third-order valence-electron chi connectivity index (χ3n) is 3.85. The molecule has 0 atom stereocenters. The number of aryl methyl sites for hydroxylation is 1. The minimum absolute atomic E-state index is 0.0178. The summed E-state index contributed by atoms with van der Waals surface area (Å²) >= 11 is 0. The van der Waals surface area contributed by atoms with Crippen molar-refractivity contribution in [3.05, 3.63) is 87.5 Å². The Morgan fingerprint density at radius 1 is 1.12 bits per heavy atom. The quantitative estimate of drug-likeness (QED) is 0.447. The van der Waals surface area contributed by atoms with Gasteiger partial charge in [0.05, 0.1) is 11.1 Å². The van der Waals surface area contributed by atoms with Gasteiger partial charge in [0.25, 0.3) is 11.6 Å². The summed E-state index contributed by atoms with van der Waals surface area (Å²) in [7, 11) is 0. The number of hydrazone groups is 1. The summed E-state index contributed by atoms with van der Waals surface area (Å²) in [6, 6.07) is 17.9. The molecule has 0 unspecified atom stereocenters. The lowest BCUT2D eigenvalue weighted by Gasteiger charge is -2.03. The molecule has 0 aliphatic carbocycles. The number of nitrogens with zero attached hydrogens (tertiary/aromatic N) is 2. The van der Waals surface area contributed by atoms with E-state index in [4.69, 9.17) is 0 Å². The third kappa shape index (κ3) is 3.53. The van der Waals surface area contributed by atoms with Gasteiger partial charge >= 0.3 is 0 Å². The molecule has 124 valence electrons. The highest BCUT2D eigenvalue weighted by atomic mass is 16.6. The SMILES string of the molecule is Cc1cc(C(=O)NN=Cc2cccc3ccccc23)ccc1[N+](=O)[O-]. The largest absolute Gasteiger partial charge is 0.272 e. The van der Waals surface area contributed by atoms with Crippen molar-refractivity contribution in [1.29, 1.82) is 0 Å². The Kier molecular flexibility index (Phi) is 4.52. The van der Waals surface area contributed by atoms with Crippen molar-refractivity contribution in [2.24, 2.45) is 5.10 Å². The molecule has 0 bridgehead atoms. The van der Waals surface area contributed by atoms with Crippen LogP contribution in [0.4, 0.5) is 5.69 Å². The average molecular weight is 333 g/mol. The van der Waals surface area contributed by atoms with Crippen LogP contribution < -0.4 is 5.43 Å². The molecule has 6 heteroatoms. The zero-order valence-electron chi connectivity index (χ0n) is 13.5. The number of rotatable bonds is 4. The topological polar surface area (TPSA) is 84.6 Å². The zero-order valence-corrected chi connectivity index (χ0v) is 13.5. The lowest BCUT2D eigenvalue weighted by molar-refractivity contribution is -0.385. The number of hydrogen-bond acceptors (Lipinski definition) is 4. The Hall–Kier alpha value is -3.54. The molecule has 0 aliphatic rings. The molecule has 0 fully saturated rings. The van der Waals surface area contributed by atoms with Gasteiger partial charge in [-0.05, 0) is 29.8 Å². The van der Waals surface area contributed by atoms with E-state index in [9.17, 15) is 14.9 Å². The maximum Gasteiger partial charge on any atom is 0.272 e. The number of nitro groups is 1.